The van der Waals surface area contributed by atoms with Crippen molar-refractivity contribution in [3.8, 4) is 17.1 Å². The second-order valence-corrected chi connectivity index (χ2v) is 7.17. The number of halogens is 1. The molecule has 0 aliphatic carbocycles. The number of nitrogens with one attached hydrogen (secondary N) is 2. The highest BCUT2D eigenvalue weighted by Crippen LogP contribution is 2.19. The number of amides is 2. The first-order valence-electron chi connectivity index (χ1n) is 9.87. The van der Waals surface area contributed by atoms with Crippen molar-refractivity contribution < 1.29 is 13.6 Å². The van der Waals surface area contributed by atoms with Crippen molar-refractivity contribution in [2.24, 2.45) is 0 Å². The number of benzene rings is 2. The first-order chi connectivity index (χ1) is 15.0. The molecule has 2 aromatic carbocycles. The van der Waals surface area contributed by atoms with E-state index in [1.165, 1.54) is 18.4 Å². The molecule has 2 aromatic heterocycles. The molecule has 2 amide bonds. The van der Waals surface area contributed by atoms with Crippen molar-refractivity contribution in [1.29, 1.82) is 0 Å². The number of hydrogen-bond donors (Lipinski definition) is 2. The van der Waals surface area contributed by atoms with E-state index in [-0.39, 0.29) is 11.8 Å². The van der Waals surface area contributed by atoms with Gasteiger partial charge in [-0.1, -0.05) is 6.07 Å². The maximum absolute atomic E-state index is 13.0. The molecule has 31 heavy (non-hydrogen) atoms. The van der Waals surface area contributed by atoms with E-state index >= 15 is 0 Å². The van der Waals surface area contributed by atoms with Gasteiger partial charge >= 0.3 is 6.03 Å². The summed E-state index contributed by atoms with van der Waals surface area (Å²) in [7, 11) is 0. The number of anilines is 1. The molecule has 0 bridgehead atoms. The highest BCUT2D eigenvalue weighted by atomic mass is 19.1. The number of hydrogen-bond acceptors (Lipinski definition) is 4. The van der Waals surface area contributed by atoms with Gasteiger partial charge in [0.25, 0.3) is 0 Å². The predicted octanol–water partition coefficient (Wildman–Crippen LogP) is 4.65. The predicted molar refractivity (Wildman–Crippen MR) is 116 cm³/mol. The molecule has 0 spiro atoms. The van der Waals surface area contributed by atoms with Crippen LogP contribution in [0, 0.1) is 19.7 Å². The van der Waals surface area contributed by atoms with Crippen LogP contribution in [0.4, 0.5) is 14.9 Å². The SMILES string of the molecule is Cc1cc(C)n(-c2cccc(NC(=O)NCCc3coc(-c4ccc(F)cc4)n3)c2)n1. The molecule has 0 aliphatic heterocycles. The largest absolute Gasteiger partial charge is 0.444 e. The van der Waals surface area contributed by atoms with Crippen molar-refractivity contribution in [3.05, 3.63) is 83.8 Å². The summed E-state index contributed by atoms with van der Waals surface area (Å²) in [4.78, 5) is 16.6. The Labute approximate surface area is 178 Å². The van der Waals surface area contributed by atoms with E-state index in [9.17, 15) is 9.18 Å². The van der Waals surface area contributed by atoms with E-state index in [0.29, 0.717) is 35.8 Å². The van der Waals surface area contributed by atoms with E-state index in [0.717, 1.165) is 17.1 Å². The molecule has 2 heterocycles. The lowest BCUT2D eigenvalue weighted by Crippen LogP contribution is -2.30. The lowest BCUT2D eigenvalue weighted by atomic mass is 10.2. The van der Waals surface area contributed by atoms with Gasteiger partial charge < -0.3 is 15.1 Å². The van der Waals surface area contributed by atoms with Gasteiger partial charge in [-0.15, -0.1) is 0 Å². The number of aromatic nitrogens is 3. The van der Waals surface area contributed by atoms with Crippen LogP contribution in [0.15, 0.2) is 65.3 Å². The number of rotatable bonds is 6. The number of aryl methyl sites for hydroxylation is 2. The number of nitrogens with zero attached hydrogens (tertiary/aromatic N) is 3. The number of carbonyl (C=O) groups excluding carboxylic acids is 1. The third-order valence-electron chi connectivity index (χ3n) is 4.67. The van der Waals surface area contributed by atoms with Gasteiger partial charge in [0, 0.05) is 29.9 Å². The van der Waals surface area contributed by atoms with Gasteiger partial charge in [-0.2, -0.15) is 5.10 Å². The van der Waals surface area contributed by atoms with E-state index in [4.69, 9.17) is 4.42 Å². The summed E-state index contributed by atoms with van der Waals surface area (Å²) in [6.07, 6.45) is 2.04. The normalized spacial score (nSPS) is 10.8. The van der Waals surface area contributed by atoms with E-state index in [1.54, 1.807) is 12.1 Å². The van der Waals surface area contributed by atoms with Crippen LogP contribution >= 0.6 is 0 Å². The van der Waals surface area contributed by atoms with Gasteiger partial charge in [-0.05, 0) is 62.4 Å². The molecule has 0 saturated carbocycles. The number of oxazole rings is 1. The van der Waals surface area contributed by atoms with Gasteiger partial charge in [-0.3, -0.25) is 0 Å². The van der Waals surface area contributed by atoms with Gasteiger partial charge in [0.2, 0.25) is 5.89 Å². The average molecular weight is 419 g/mol. The van der Waals surface area contributed by atoms with Crippen LogP contribution in [0.1, 0.15) is 17.1 Å². The molecule has 0 unspecified atom stereocenters. The van der Waals surface area contributed by atoms with E-state index in [1.807, 2.05) is 48.9 Å². The van der Waals surface area contributed by atoms with Crippen LogP contribution in [0.5, 0.6) is 0 Å². The zero-order valence-corrected chi connectivity index (χ0v) is 17.2. The van der Waals surface area contributed by atoms with Crippen molar-refractivity contribution in [1.82, 2.24) is 20.1 Å². The minimum Gasteiger partial charge on any atom is -0.444 e. The standard InChI is InChI=1S/C23H22FN5O2/c1-15-12-16(2)29(28-15)21-5-3-4-19(13-21)27-23(30)25-11-10-20-14-31-22(26-20)17-6-8-18(24)9-7-17/h3-9,12-14H,10-11H2,1-2H3,(H2,25,27,30). The minimum absolute atomic E-state index is 0.312. The zero-order valence-electron chi connectivity index (χ0n) is 17.2. The van der Waals surface area contributed by atoms with Gasteiger partial charge in [-0.25, -0.2) is 18.9 Å². The second kappa shape index (κ2) is 8.83. The molecule has 0 fully saturated rings. The third kappa shape index (κ3) is 4.98. The van der Waals surface area contributed by atoms with Crippen molar-refractivity contribution >= 4 is 11.7 Å². The summed E-state index contributed by atoms with van der Waals surface area (Å²) in [5.41, 5.74) is 4.89. The smallest absolute Gasteiger partial charge is 0.319 e. The second-order valence-electron chi connectivity index (χ2n) is 7.17. The maximum atomic E-state index is 13.0. The summed E-state index contributed by atoms with van der Waals surface area (Å²) in [6, 6.07) is 15.1. The molecule has 0 saturated heterocycles. The summed E-state index contributed by atoms with van der Waals surface area (Å²) in [6.45, 7) is 4.31. The number of carbonyl (C=O) groups is 1. The van der Waals surface area contributed by atoms with Crippen molar-refractivity contribution in [3.63, 3.8) is 0 Å². The van der Waals surface area contributed by atoms with Gasteiger partial charge in [0.15, 0.2) is 0 Å². The minimum atomic E-state index is -0.314. The van der Waals surface area contributed by atoms with Crippen LogP contribution in [0.2, 0.25) is 0 Å². The lowest BCUT2D eigenvalue weighted by molar-refractivity contribution is 0.252. The quantitative estimate of drug-likeness (QED) is 0.477. The fourth-order valence-electron chi connectivity index (χ4n) is 3.23. The van der Waals surface area contributed by atoms with Gasteiger partial charge in [0.1, 0.15) is 12.1 Å². The molecule has 4 rings (SSSR count). The first kappa shape index (κ1) is 20.3. The summed E-state index contributed by atoms with van der Waals surface area (Å²) in [5.74, 6) is 0.103. The van der Waals surface area contributed by atoms with Crippen LogP contribution in [0.25, 0.3) is 17.1 Å². The Morgan fingerprint density at radius 1 is 1.13 bits per heavy atom. The average Bonchev–Trinajstić information content (AvgIpc) is 3.35. The third-order valence-corrected chi connectivity index (χ3v) is 4.67. The van der Waals surface area contributed by atoms with Crippen LogP contribution in [-0.2, 0) is 6.42 Å². The summed E-state index contributed by atoms with van der Waals surface area (Å²) in [5, 5.41) is 10.1. The molecule has 0 aliphatic rings. The topological polar surface area (TPSA) is 85.0 Å². The Balaban J connectivity index is 1.31. The van der Waals surface area contributed by atoms with E-state index in [2.05, 4.69) is 20.7 Å². The molecular formula is C23H22FN5O2. The fourth-order valence-corrected chi connectivity index (χ4v) is 3.23. The highest BCUT2D eigenvalue weighted by molar-refractivity contribution is 5.89. The van der Waals surface area contributed by atoms with Crippen LogP contribution in [-0.4, -0.2) is 27.3 Å². The first-order valence-corrected chi connectivity index (χ1v) is 9.87. The monoisotopic (exact) mass is 419 g/mol. The molecule has 2 N–H and O–H groups in total. The highest BCUT2D eigenvalue weighted by Gasteiger charge is 2.09. The Bertz CT molecular complexity index is 1200. The summed E-state index contributed by atoms with van der Waals surface area (Å²) >= 11 is 0. The fraction of sp³-hybridized carbons (Fsp3) is 0.174. The van der Waals surface area contributed by atoms with Gasteiger partial charge in [0.05, 0.1) is 17.1 Å². The Morgan fingerprint density at radius 3 is 2.68 bits per heavy atom. The molecular weight excluding hydrogens is 397 g/mol. The zero-order chi connectivity index (χ0) is 21.8. The number of urea groups is 1. The lowest BCUT2D eigenvalue weighted by Gasteiger charge is -2.09. The summed E-state index contributed by atoms with van der Waals surface area (Å²) < 4.78 is 20.3. The Morgan fingerprint density at radius 2 is 1.94 bits per heavy atom. The maximum Gasteiger partial charge on any atom is 0.319 e. The van der Waals surface area contributed by atoms with E-state index < -0.39 is 0 Å². The molecule has 0 atom stereocenters. The molecule has 158 valence electrons. The van der Waals surface area contributed by atoms with Crippen LogP contribution < -0.4 is 10.6 Å². The molecule has 4 aromatic rings. The Hall–Kier alpha value is -3.94. The van der Waals surface area contributed by atoms with Crippen molar-refractivity contribution in [2.75, 3.05) is 11.9 Å². The Kier molecular flexibility index (Phi) is 5.79. The molecule has 7 nitrogen and oxygen atoms in total. The van der Waals surface area contributed by atoms with Crippen LogP contribution in [0.3, 0.4) is 0 Å². The van der Waals surface area contributed by atoms with Crippen molar-refractivity contribution in [2.45, 2.75) is 20.3 Å². The molecule has 0 radical (unpaired) electrons. The molecule has 8 heteroatoms.